The van der Waals surface area contributed by atoms with Crippen LogP contribution in [0.5, 0.6) is 5.75 Å². The fourth-order valence-electron chi connectivity index (χ4n) is 2.09. The van der Waals surface area contributed by atoms with Crippen molar-refractivity contribution >= 4 is 16.9 Å². The Labute approximate surface area is 103 Å². The van der Waals surface area contributed by atoms with E-state index in [1.54, 1.807) is 12.1 Å². The summed E-state index contributed by atoms with van der Waals surface area (Å²) < 4.78 is 0. The van der Waals surface area contributed by atoms with Gasteiger partial charge in [0, 0.05) is 10.9 Å². The summed E-state index contributed by atoms with van der Waals surface area (Å²) >= 11 is 0. The second-order valence-electron chi connectivity index (χ2n) is 4.02. The molecule has 2 heterocycles. The molecule has 0 fully saturated rings. The largest absolute Gasteiger partial charge is 0.507 e. The first-order valence-corrected chi connectivity index (χ1v) is 5.42. The summed E-state index contributed by atoms with van der Waals surface area (Å²) in [6.07, 6.45) is 1.53. The number of aromatic hydroxyl groups is 1. The fourth-order valence-corrected chi connectivity index (χ4v) is 2.09. The van der Waals surface area contributed by atoms with Crippen molar-refractivity contribution in [2.45, 2.75) is 6.92 Å². The number of hydrogen-bond acceptors (Lipinski definition) is 5. The van der Waals surface area contributed by atoms with E-state index in [1.807, 2.05) is 13.0 Å². The van der Waals surface area contributed by atoms with Crippen molar-refractivity contribution in [3.05, 3.63) is 30.0 Å². The van der Waals surface area contributed by atoms with E-state index in [9.17, 15) is 5.11 Å². The molecule has 0 amide bonds. The van der Waals surface area contributed by atoms with Crippen molar-refractivity contribution < 1.29 is 5.11 Å². The Kier molecular flexibility index (Phi) is 2.16. The Balaban J connectivity index is 2.31. The Morgan fingerprint density at radius 3 is 2.89 bits per heavy atom. The molecule has 0 spiro atoms. The normalized spacial score (nSPS) is 10.9. The van der Waals surface area contributed by atoms with Gasteiger partial charge in [0.05, 0.1) is 11.9 Å². The van der Waals surface area contributed by atoms with Crippen LogP contribution in [-0.2, 0) is 0 Å². The maximum absolute atomic E-state index is 9.87. The lowest BCUT2D eigenvalue weighted by atomic mass is 10.1. The molecule has 3 rings (SSSR count). The molecule has 0 aliphatic carbocycles. The highest BCUT2D eigenvalue weighted by molar-refractivity contribution is 5.94. The van der Waals surface area contributed by atoms with E-state index in [0.717, 1.165) is 22.2 Å². The minimum Gasteiger partial charge on any atom is -0.507 e. The van der Waals surface area contributed by atoms with Crippen LogP contribution < -0.4 is 5.73 Å². The van der Waals surface area contributed by atoms with Crippen LogP contribution in [0.25, 0.3) is 22.3 Å². The molecule has 0 aliphatic rings. The third kappa shape index (κ3) is 1.46. The highest BCUT2D eigenvalue weighted by atomic mass is 16.3. The minimum absolute atomic E-state index is 0.120. The first kappa shape index (κ1) is 10.5. The molecule has 3 aromatic rings. The molecule has 1 aromatic carbocycles. The molecule has 0 bridgehead atoms. The molecule has 90 valence electrons. The van der Waals surface area contributed by atoms with E-state index < -0.39 is 0 Å². The van der Waals surface area contributed by atoms with Gasteiger partial charge in [0.25, 0.3) is 0 Å². The second kappa shape index (κ2) is 3.69. The van der Waals surface area contributed by atoms with Gasteiger partial charge >= 0.3 is 0 Å². The van der Waals surface area contributed by atoms with Crippen LogP contribution in [0.15, 0.2) is 24.4 Å². The maximum atomic E-state index is 9.87. The smallest absolute Gasteiger partial charge is 0.240 e. The number of aromatic nitrogens is 4. The molecular formula is C12H11N5O. The van der Waals surface area contributed by atoms with E-state index in [2.05, 4.69) is 20.2 Å². The number of aryl methyl sites for hydroxylation is 1. The average molecular weight is 241 g/mol. The van der Waals surface area contributed by atoms with E-state index >= 15 is 0 Å². The molecule has 6 nitrogen and oxygen atoms in total. The minimum atomic E-state index is 0.120. The Morgan fingerprint density at radius 2 is 2.17 bits per heavy atom. The Bertz CT molecular complexity index is 734. The van der Waals surface area contributed by atoms with Gasteiger partial charge in [-0.25, -0.2) is 4.98 Å². The summed E-state index contributed by atoms with van der Waals surface area (Å²) in [4.78, 5) is 7.32. The predicted molar refractivity (Wildman–Crippen MR) is 67.9 cm³/mol. The van der Waals surface area contributed by atoms with Crippen LogP contribution in [0, 0.1) is 6.92 Å². The predicted octanol–water partition coefficient (Wildman–Crippen LogP) is 1.62. The number of fused-ring (bicyclic) bond motifs is 1. The third-order valence-corrected chi connectivity index (χ3v) is 2.88. The highest BCUT2D eigenvalue weighted by Crippen LogP contribution is 2.33. The lowest BCUT2D eigenvalue weighted by Gasteiger charge is -1.99. The SMILES string of the molecule is Cc1c(-c2cnnc(N)n2)[nH]c2cccc(O)c12. The molecule has 0 saturated carbocycles. The number of nitrogen functional groups attached to an aromatic ring is 1. The number of phenols is 1. The van der Waals surface area contributed by atoms with Gasteiger partial charge in [-0.3, -0.25) is 0 Å². The Hall–Kier alpha value is -2.63. The molecule has 4 N–H and O–H groups in total. The highest BCUT2D eigenvalue weighted by Gasteiger charge is 2.13. The number of aromatic amines is 1. The van der Waals surface area contributed by atoms with Crippen LogP contribution in [0.4, 0.5) is 5.95 Å². The lowest BCUT2D eigenvalue weighted by molar-refractivity contribution is 0.481. The number of nitrogens with one attached hydrogen (secondary N) is 1. The number of anilines is 1. The van der Waals surface area contributed by atoms with E-state index in [1.165, 1.54) is 6.20 Å². The lowest BCUT2D eigenvalue weighted by Crippen LogP contribution is -1.98. The van der Waals surface area contributed by atoms with Crippen LogP contribution in [0.2, 0.25) is 0 Å². The maximum Gasteiger partial charge on any atom is 0.240 e. The van der Waals surface area contributed by atoms with Crippen LogP contribution in [0.1, 0.15) is 5.56 Å². The van der Waals surface area contributed by atoms with Crippen LogP contribution in [0.3, 0.4) is 0 Å². The number of nitrogens with zero attached hydrogens (tertiary/aromatic N) is 3. The first-order valence-electron chi connectivity index (χ1n) is 5.42. The van der Waals surface area contributed by atoms with E-state index in [0.29, 0.717) is 5.69 Å². The zero-order valence-electron chi connectivity index (χ0n) is 9.68. The molecule has 0 aliphatic heterocycles. The van der Waals surface area contributed by atoms with Crippen molar-refractivity contribution in [3.8, 4) is 17.1 Å². The topological polar surface area (TPSA) is 101 Å². The van der Waals surface area contributed by atoms with Crippen molar-refractivity contribution in [2.24, 2.45) is 0 Å². The average Bonchev–Trinajstić information content (AvgIpc) is 2.68. The van der Waals surface area contributed by atoms with Gasteiger partial charge in [0.15, 0.2) is 0 Å². The summed E-state index contributed by atoms with van der Waals surface area (Å²) in [6, 6.07) is 5.33. The second-order valence-corrected chi connectivity index (χ2v) is 4.02. The van der Waals surface area contributed by atoms with Crippen LogP contribution >= 0.6 is 0 Å². The van der Waals surface area contributed by atoms with Crippen LogP contribution in [-0.4, -0.2) is 25.3 Å². The van der Waals surface area contributed by atoms with Gasteiger partial charge in [0.1, 0.15) is 11.4 Å². The zero-order chi connectivity index (χ0) is 12.7. The summed E-state index contributed by atoms with van der Waals surface area (Å²) in [6.45, 7) is 1.91. The standard InChI is InChI=1S/C12H11N5O/c1-6-10-7(3-2-4-9(10)18)15-11(6)8-5-14-17-12(13)16-8/h2-5,15,18H,1H3,(H2,13,16,17). The van der Waals surface area contributed by atoms with Gasteiger partial charge in [-0.15, -0.1) is 5.10 Å². The van der Waals surface area contributed by atoms with Gasteiger partial charge in [-0.1, -0.05) is 6.07 Å². The third-order valence-electron chi connectivity index (χ3n) is 2.88. The molecule has 0 saturated heterocycles. The summed E-state index contributed by atoms with van der Waals surface area (Å²) in [7, 11) is 0. The van der Waals surface area contributed by atoms with E-state index in [-0.39, 0.29) is 11.7 Å². The fraction of sp³-hybridized carbons (Fsp3) is 0.0833. The van der Waals surface area contributed by atoms with Gasteiger partial charge in [0.2, 0.25) is 5.95 Å². The summed E-state index contributed by atoms with van der Waals surface area (Å²) in [5, 5.41) is 18.1. The van der Waals surface area contributed by atoms with Crippen molar-refractivity contribution in [3.63, 3.8) is 0 Å². The molecule has 6 heteroatoms. The number of hydrogen-bond donors (Lipinski definition) is 3. The first-order chi connectivity index (χ1) is 8.66. The Morgan fingerprint density at radius 1 is 1.33 bits per heavy atom. The van der Waals surface area contributed by atoms with Crippen molar-refractivity contribution in [1.29, 1.82) is 0 Å². The van der Waals surface area contributed by atoms with Gasteiger partial charge in [-0.2, -0.15) is 5.10 Å². The number of rotatable bonds is 1. The monoisotopic (exact) mass is 241 g/mol. The number of H-pyrrole nitrogens is 1. The molecule has 0 unspecified atom stereocenters. The van der Waals surface area contributed by atoms with Gasteiger partial charge in [-0.05, 0) is 24.6 Å². The molecule has 2 aromatic heterocycles. The molecule has 0 atom stereocenters. The van der Waals surface area contributed by atoms with E-state index in [4.69, 9.17) is 5.73 Å². The number of phenolic OH excluding ortho intramolecular Hbond substituents is 1. The zero-order valence-corrected chi connectivity index (χ0v) is 9.68. The molecule has 0 radical (unpaired) electrons. The van der Waals surface area contributed by atoms with Gasteiger partial charge < -0.3 is 15.8 Å². The number of benzene rings is 1. The molecule has 18 heavy (non-hydrogen) atoms. The molecular weight excluding hydrogens is 230 g/mol. The number of nitrogens with two attached hydrogens (primary N) is 1. The quantitative estimate of drug-likeness (QED) is 0.601. The van der Waals surface area contributed by atoms with Crippen molar-refractivity contribution in [2.75, 3.05) is 5.73 Å². The summed E-state index contributed by atoms with van der Waals surface area (Å²) in [5.74, 6) is 0.359. The van der Waals surface area contributed by atoms with Crippen molar-refractivity contribution in [1.82, 2.24) is 20.2 Å². The summed E-state index contributed by atoms with van der Waals surface area (Å²) in [5.41, 5.74) is 8.67.